The van der Waals surface area contributed by atoms with Crippen LogP contribution in [0.3, 0.4) is 0 Å². The zero-order valence-electron chi connectivity index (χ0n) is 11.8. The first-order valence-corrected chi connectivity index (χ1v) is 6.91. The van der Waals surface area contributed by atoms with E-state index in [2.05, 4.69) is 51.1 Å². The highest BCUT2D eigenvalue weighted by Gasteiger charge is 2.22. The van der Waals surface area contributed by atoms with Crippen LogP contribution in [0.5, 0.6) is 0 Å². The molecule has 0 atom stereocenters. The molecule has 0 spiro atoms. The Morgan fingerprint density at radius 1 is 1.18 bits per heavy atom. The van der Waals surface area contributed by atoms with Gasteiger partial charge in [0.05, 0.1) is 0 Å². The molecule has 1 heterocycles. The lowest BCUT2D eigenvalue weighted by Crippen LogP contribution is -2.43. The highest BCUT2D eigenvalue weighted by atomic mass is 15.0. The Bertz CT molecular complexity index is 375. The van der Waals surface area contributed by atoms with Crippen molar-refractivity contribution in [2.45, 2.75) is 59.4 Å². The van der Waals surface area contributed by atoms with Crippen LogP contribution in [0.15, 0.2) is 18.8 Å². The number of hydrogen-bond acceptors (Lipinski definition) is 0. The number of aromatic nitrogens is 1. The SMILES string of the molecule is C=Cc1cc[n+](C(CC)CC)c(CC)c1CC. The van der Waals surface area contributed by atoms with E-state index in [1.807, 2.05) is 6.08 Å². The number of pyridine rings is 1. The third kappa shape index (κ3) is 2.77. The summed E-state index contributed by atoms with van der Waals surface area (Å²) in [7, 11) is 0. The zero-order chi connectivity index (χ0) is 12.8. The first kappa shape index (κ1) is 14.0. The van der Waals surface area contributed by atoms with E-state index in [0.717, 1.165) is 12.8 Å². The van der Waals surface area contributed by atoms with Crippen LogP contribution in [0.25, 0.3) is 6.08 Å². The first-order chi connectivity index (χ1) is 8.23. The van der Waals surface area contributed by atoms with Gasteiger partial charge in [0.1, 0.15) is 0 Å². The van der Waals surface area contributed by atoms with E-state index < -0.39 is 0 Å². The van der Waals surface area contributed by atoms with Crippen molar-refractivity contribution in [1.82, 2.24) is 0 Å². The first-order valence-electron chi connectivity index (χ1n) is 6.91. The average Bonchev–Trinajstić information content (AvgIpc) is 2.39. The minimum absolute atomic E-state index is 0.633. The van der Waals surface area contributed by atoms with Gasteiger partial charge in [0.2, 0.25) is 0 Å². The van der Waals surface area contributed by atoms with Crippen LogP contribution in [0.4, 0.5) is 0 Å². The molecule has 1 aromatic rings. The molecule has 1 rings (SSSR count). The molecule has 1 heteroatoms. The summed E-state index contributed by atoms with van der Waals surface area (Å²) in [5, 5.41) is 0. The van der Waals surface area contributed by atoms with Gasteiger partial charge in [0, 0.05) is 30.9 Å². The quantitative estimate of drug-likeness (QED) is 0.650. The summed E-state index contributed by atoms with van der Waals surface area (Å²) in [6.45, 7) is 12.9. The molecular formula is C16H26N+. The minimum atomic E-state index is 0.633. The van der Waals surface area contributed by atoms with E-state index in [4.69, 9.17) is 0 Å². The Morgan fingerprint density at radius 3 is 2.24 bits per heavy atom. The summed E-state index contributed by atoms with van der Waals surface area (Å²) in [6, 6.07) is 2.85. The van der Waals surface area contributed by atoms with Gasteiger partial charge in [-0.25, -0.2) is 0 Å². The molecule has 0 aliphatic heterocycles. The van der Waals surface area contributed by atoms with Gasteiger partial charge in [-0.3, -0.25) is 0 Å². The Hall–Kier alpha value is -1.11. The van der Waals surface area contributed by atoms with E-state index >= 15 is 0 Å². The van der Waals surface area contributed by atoms with Crippen LogP contribution in [0.1, 0.15) is 63.4 Å². The zero-order valence-corrected chi connectivity index (χ0v) is 11.8. The van der Waals surface area contributed by atoms with Gasteiger partial charge in [-0.1, -0.05) is 40.3 Å². The highest BCUT2D eigenvalue weighted by molar-refractivity contribution is 5.51. The van der Waals surface area contributed by atoms with Crippen LogP contribution < -0.4 is 4.57 Å². The van der Waals surface area contributed by atoms with Crippen molar-refractivity contribution in [1.29, 1.82) is 0 Å². The van der Waals surface area contributed by atoms with Crippen molar-refractivity contribution in [2.75, 3.05) is 0 Å². The third-order valence-electron chi connectivity index (χ3n) is 3.67. The van der Waals surface area contributed by atoms with Gasteiger partial charge < -0.3 is 0 Å². The lowest BCUT2D eigenvalue weighted by atomic mass is 10.00. The van der Waals surface area contributed by atoms with Gasteiger partial charge in [-0.2, -0.15) is 4.57 Å². The second-order valence-corrected chi connectivity index (χ2v) is 4.49. The maximum Gasteiger partial charge on any atom is 0.185 e. The number of nitrogens with zero attached hydrogens (tertiary/aromatic N) is 1. The smallest absolute Gasteiger partial charge is 0.185 e. The lowest BCUT2D eigenvalue weighted by molar-refractivity contribution is -0.730. The van der Waals surface area contributed by atoms with Crippen LogP contribution >= 0.6 is 0 Å². The lowest BCUT2D eigenvalue weighted by Gasteiger charge is -2.15. The summed E-state index contributed by atoms with van der Waals surface area (Å²) in [5.74, 6) is 0. The fraction of sp³-hybridized carbons (Fsp3) is 0.562. The van der Waals surface area contributed by atoms with Crippen molar-refractivity contribution in [3.8, 4) is 0 Å². The molecule has 0 unspecified atom stereocenters. The summed E-state index contributed by atoms with van der Waals surface area (Å²) >= 11 is 0. The van der Waals surface area contributed by atoms with Gasteiger partial charge in [-0.05, 0) is 12.0 Å². The number of rotatable bonds is 6. The largest absolute Gasteiger partial charge is 0.200 e. The summed E-state index contributed by atoms with van der Waals surface area (Å²) in [4.78, 5) is 0. The van der Waals surface area contributed by atoms with Gasteiger partial charge >= 0.3 is 0 Å². The van der Waals surface area contributed by atoms with E-state index in [-0.39, 0.29) is 0 Å². The summed E-state index contributed by atoms with van der Waals surface area (Å²) in [5.41, 5.74) is 4.25. The van der Waals surface area contributed by atoms with E-state index in [9.17, 15) is 0 Å². The topological polar surface area (TPSA) is 3.88 Å². The van der Waals surface area contributed by atoms with Gasteiger partial charge in [0.15, 0.2) is 17.9 Å². The van der Waals surface area contributed by atoms with Crippen LogP contribution in [-0.4, -0.2) is 0 Å². The van der Waals surface area contributed by atoms with Crippen molar-refractivity contribution in [3.63, 3.8) is 0 Å². The molecule has 0 amide bonds. The normalized spacial score (nSPS) is 10.9. The monoisotopic (exact) mass is 232 g/mol. The Balaban J connectivity index is 3.36. The summed E-state index contributed by atoms with van der Waals surface area (Å²) in [6.07, 6.45) is 8.81. The standard InChI is InChI=1S/C16H26N/c1-6-13-11-12-17(14(7-2)8-3)16(10-5)15(13)9-4/h6,11-12,14H,1,7-10H2,2-5H3/q+1. The van der Waals surface area contributed by atoms with E-state index in [1.165, 1.54) is 29.7 Å². The van der Waals surface area contributed by atoms with Crippen molar-refractivity contribution < 1.29 is 4.57 Å². The van der Waals surface area contributed by atoms with Gasteiger partial charge in [0.25, 0.3) is 0 Å². The molecule has 0 radical (unpaired) electrons. The molecule has 0 fully saturated rings. The van der Waals surface area contributed by atoms with Crippen LogP contribution in [0, 0.1) is 0 Å². The Kier molecular flexibility index (Phi) is 5.40. The molecule has 94 valence electrons. The Morgan fingerprint density at radius 2 is 1.82 bits per heavy atom. The molecule has 0 aliphatic carbocycles. The predicted molar refractivity (Wildman–Crippen MR) is 75.1 cm³/mol. The van der Waals surface area contributed by atoms with Crippen LogP contribution in [-0.2, 0) is 12.8 Å². The molecule has 1 aromatic heterocycles. The molecule has 0 saturated heterocycles. The number of hydrogen-bond donors (Lipinski definition) is 0. The third-order valence-corrected chi connectivity index (χ3v) is 3.67. The molecule has 0 aliphatic rings. The molecule has 0 aromatic carbocycles. The molecule has 17 heavy (non-hydrogen) atoms. The Labute approximate surface area is 106 Å². The van der Waals surface area contributed by atoms with Gasteiger partial charge in [-0.15, -0.1) is 0 Å². The molecule has 1 nitrogen and oxygen atoms in total. The minimum Gasteiger partial charge on any atom is -0.200 e. The predicted octanol–water partition coefficient (Wildman–Crippen LogP) is 4.10. The molecule has 0 saturated carbocycles. The molecule has 0 bridgehead atoms. The van der Waals surface area contributed by atoms with Crippen molar-refractivity contribution >= 4 is 6.08 Å². The fourth-order valence-corrected chi connectivity index (χ4v) is 2.69. The summed E-state index contributed by atoms with van der Waals surface area (Å²) < 4.78 is 2.48. The van der Waals surface area contributed by atoms with Crippen molar-refractivity contribution in [2.24, 2.45) is 0 Å². The second kappa shape index (κ2) is 6.58. The second-order valence-electron chi connectivity index (χ2n) is 4.49. The van der Waals surface area contributed by atoms with Crippen LogP contribution in [0.2, 0.25) is 0 Å². The fourth-order valence-electron chi connectivity index (χ4n) is 2.69. The maximum absolute atomic E-state index is 3.92. The van der Waals surface area contributed by atoms with E-state index in [0.29, 0.717) is 6.04 Å². The molecule has 0 N–H and O–H groups in total. The van der Waals surface area contributed by atoms with Crippen molar-refractivity contribution in [3.05, 3.63) is 35.7 Å². The average molecular weight is 232 g/mol. The molecular weight excluding hydrogens is 206 g/mol. The van der Waals surface area contributed by atoms with E-state index in [1.54, 1.807) is 0 Å². The highest BCUT2D eigenvalue weighted by Crippen LogP contribution is 2.18. The maximum atomic E-state index is 3.92.